The first-order valence-electron chi connectivity index (χ1n) is 5.21. The van der Waals surface area contributed by atoms with Gasteiger partial charge in [-0.3, -0.25) is 4.79 Å². The summed E-state index contributed by atoms with van der Waals surface area (Å²) < 4.78 is 0. The van der Waals surface area contributed by atoms with Crippen LogP contribution in [0.3, 0.4) is 0 Å². The Bertz CT molecular complexity index is 622. The number of aromatic nitrogens is 2. The number of rotatable bonds is 4. The minimum absolute atomic E-state index is 0.291. The van der Waals surface area contributed by atoms with Crippen molar-refractivity contribution in [2.45, 2.75) is 0 Å². The maximum atomic E-state index is 11.9. The van der Waals surface area contributed by atoms with Crippen molar-refractivity contribution in [2.24, 2.45) is 0 Å². The van der Waals surface area contributed by atoms with E-state index >= 15 is 0 Å². The second kappa shape index (κ2) is 5.87. The molecular weight excluding hydrogens is 266 g/mol. The van der Waals surface area contributed by atoms with Crippen molar-refractivity contribution in [3.05, 3.63) is 46.7 Å². The lowest BCUT2D eigenvalue weighted by Gasteiger charge is -2.01. The van der Waals surface area contributed by atoms with Gasteiger partial charge in [0, 0.05) is 16.3 Å². The molecule has 19 heavy (non-hydrogen) atoms. The summed E-state index contributed by atoms with van der Waals surface area (Å²) in [4.78, 5) is 30.5. The van der Waals surface area contributed by atoms with Crippen LogP contribution >= 0.6 is 11.3 Å². The number of thiophene rings is 1. The maximum absolute atomic E-state index is 11.9. The standard InChI is InChI=1S/C12H9N3O3S/c16-11(17)2-1-10-3-8(6-19-10)12(18)15-9-4-13-7-14-5-9/h1-7H,(H,15,18)(H,16,17)/b2-1+. The summed E-state index contributed by atoms with van der Waals surface area (Å²) in [6.07, 6.45) is 6.81. The lowest BCUT2D eigenvalue weighted by Crippen LogP contribution is -2.11. The summed E-state index contributed by atoms with van der Waals surface area (Å²) in [6, 6.07) is 1.61. The molecule has 6 nitrogen and oxygen atoms in total. The van der Waals surface area contributed by atoms with E-state index < -0.39 is 5.97 Å². The van der Waals surface area contributed by atoms with Crippen molar-refractivity contribution in [2.75, 3.05) is 5.32 Å². The van der Waals surface area contributed by atoms with Gasteiger partial charge >= 0.3 is 5.97 Å². The molecule has 0 aliphatic rings. The van der Waals surface area contributed by atoms with Crippen LogP contribution in [0.5, 0.6) is 0 Å². The molecule has 2 N–H and O–H groups in total. The second-order valence-electron chi connectivity index (χ2n) is 3.49. The van der Waals surface area contributed by atoms with E-state index in [1.165, 1.54) is 36.1 Å². The third-order valence-corrected chi connectivity index (χ3v) is 2.99. The lowest BCUT2D eigenvalue weighted by atomic mass is 10.3. The predicted molar refractivity (Wildman–Crippen MR) is 71.0 cm³/mol. The van der Waals surface area contributed by atoms with Crippen LogP contribution in [0.1, 0.15) is 15.2 Å². The second-order valence-corrected chi connectivity index (χ2v) is 4.43. The SMILES string of the molecule is O=C(O)/C=C/c1cc(C(=O)Nc2cncnc2)cs1. The van der Waals surface area contributed by atoms with Gasteiger partial charge in [0.25, 0.3) is 5.91 Å². The molecule has 0 bridgehead atoms. The van der Waals surface area contributed by atoms with Crippen LogP contribution in [0.2, 0.25) is 0 Å². The van der Waals surface area contributed by atoms with E-state index in [1.54, 1.807) is 11.4 Å². The molecule has 2 heterocycles. The van der Waals surface area contributed by atoms with Gasteiger partial charge in [0.05, 0.1) is 23.6 Å². The van der Waals surface area contributed by atoms with Crippen molar-refractivity contribution in [1.82, 2.24) is 9.97 Å². The fourth-order valence-electron chi connectivity index (χ4n) is 1.28. The van der Waals surface area contributed by atoms with Gasteiger partial charge in [-0.1, -0.05) is 0 Å². The minimum Gasteiger partial charge on any atom is -0.478 e. The summed E-state index contributed by atoms with van der Waals surface area (Å²) in [5, 5.41) is 12.8. The smallest absolute Gasteiger partial charge is 0.328 e. The fraction of sp³-hybridized carbons (Fsp3) is 0. The number of carboxylic acids is 1. The van der Waals surface area contributed by atoms with Gasteiger partial charge in [0.15, 0.2) is 0 Å². The normalized spacial score (nSPS) is 10.5. The summed E-state index contributed by atoms with van der Waals surface area (Å²) in [5.41, 5.74) is 0.959. The van der Waals surface area contributed by atoms with Crippen molar-refractivity contribution in [3.8, 4) is 0 Å². The fourth-order valence-corrected chi connectivity index (χ4v) is 2.06. The molecule has 0 fully saturated rings. The van der Waals surface area contributed by atoms with E-state index in [0.29, 0.717) is 16.1 Å². The molecule has 0 saturated heterocycles. The molecule has 7 heteroatoms. The van der Waals surface area contributed by atoms with Crippen LogP contribution in [0.15, 0.2) is 36.2 Å². The number of anilines is 1. The Morgan fingerprint density at radius 1 is 1.32 bits per heavy atom. The zero-order chi connectivity index (χ0) is 13.7. The van der Waals surface area contributed by atoms with E-state index in [2.05, 4.69) is 15.3 Å². The number of carbonyl (C=O) groups is 2. The van der Waals surface area contributed by atoms with Crippen molar-refractivity contribution in [1.29, 1.82) is 0 Å². The molecule has 0 saturated carbocycles. The average Bonchev–Trinajstić information content (AvgIpc) is 2.86. The lowest BCUT2D eigenvalue weighted by molar-refractivity contribution is -0.131. The molecule has 0 spiro atoms. The van der Waals surface area contributed by atoms with Crippen LogP contribution in [0.25, 0.3) is 6.08 Å². The van der Waals surface area contributed by atoms with Crippen molar-refractivity contribution in [3.63, 3.8) is 0 Å². The van der Waals surface area contributed by atoms with Gasteiger partial charge in [-0.2, -0.15) is 0 Å². The minimum atomic E-state index is -1.03. The quantitative estimate of drug-likeness (QED) is 0.831. The van der Waals surface area contributed by atoms with Crippen molar-refractivity contribution >= 4 is 35.0 Å². The molecule has 0 atom stereocenters. The summed E-state index contributed by atoms with van der Waals surface area (Å²) in [7, 11) is 0. The first kappa shape index (κ1) is 12.9. The molecule has 0 unspecified atom stereocenters. The van der Waals surface area contributed by atoms with Crippen molar-refractivity contribution < 1.29 is 14.7 Å². The largest absolute Gasteiger partial charge is 0.478 e. The number of hydrogen-bond acceptors (Lipinski definition) is 5. The number of carboxylic acid groups (broad SMARTS) is 1. The Balaban J connectivity index is 2.06. The number of hydrogen-bond donors (Lipinski definition) is 2. The number of aliphatic carboxylic acids is 1. The van der Waals surface area contributed by atoms with Crippen LogP contribution in [-0.4, -0.2) is 27.0 Å². The van der Waals surface area contributed by atoms with E-state index in [1.807, 2.05) is 0 Å². The van der Waals surface area contributed by atoms with Crippen LogP contribution in [0.4, 0.5) is 5.69 Å². The summed E-state index contributed by atoms with van der Waals surface area (Å²) in [5.74, 6) is -1.32. The Hall–Kier alpha value is -2.54. The molecule has 0 aliphatic carbocycles. The molecule has 2 aromatic rings. The number of nitrogens with zero attached hydrogens (tertiary/aromatic N) is 2. The summed E-state index contributed by atoms with van der Waals surface area (Å²) >= 11 is 1.29. The molecule has 0 aromatic carbocycles. The van der Waals surface area contributed by atoms with Gasteiger partial charge in [-0.05, 0) is 12.1 Å². The van der Waals surface area contributed by atoms with Crippen LogP contribution < -0.4 is 5.32 Å². The number of nitrogens with one attached hydrogen (secondary N) is 1. The van der Waals surface area contributed by atoms with Gasteiger partial charge in [0.2, 0.25) is 0 Å². The van der Waals surface area contributed by atoms with Gasteiger partial charge in [-0.15, -0.1) is 11.3 Å². The number of amides is 1. The molecule has 2 aromatic heterocycles. The van der Waals surface area contributed by atoms with Crippen LogP contribution in [0, 0.1) is 0 Å². The zero-order valence-electron chi connectivity index (χ0n) is 9.61. The monoisotopic (exact) mass is 275 g/mol. The highest BCUT2D eigenvalue weighted by Crippen LogP contribution is 2.17. The molecular formula is C12H9N3O3S. The molecule has 96 valence electrons. The topological polar surface area (TPSA) is 92.2 Å². The Morgan fingerprint density at radius 3 is 2.74 bits per heavy atom. The van der Waals surface area contributed by atoms with E-state index in [9.17, 15) is 9.59 Å². The van der Waals surface area contributed by atoms with E-state index in [0.717, 1.165) is 6.08 Å². The van der Waals surface area contributed by atoms with Gasteiger partial charge in [-0.25, -0.2) is 14.8 Å². The zero-order valence-corrected chi connectivity index (χ0v) is 10.4. The van der Waals surface area contributed by atoms with E-state index in [-0.39, 0.29) is 5.91 Å². The predicted octanol–water partition coefficient (Wildman–Crippen LogP) is 1.89. The van der Waals surface area contributed by atoms with Crippen LogP contribution in [-0.2, 0) is 4.79 Å². The Morgan fingerprint density at radius 2 is 2.05 bits per heavy atom. The first-order valence-corrected chi connectivity index (χ1v) is 6.09. The number of carbonyl (C=O) groups excluding carboxylic acids is 1. The van der Waals surface area contributed by atoms with Gasteiger partial charge < -0.3 is 10.4 Å². The first-order chi connectivity index (χ1) is 9.15. The Labute approximate surface area is 112 Å². The van der Waals surface area contributed by atoms with E-state index in [4.69, 9.17) is 5.11 Å². The third-order valence-electron chi connectivity index (χ3n) is 2.09. The maximum Gasteiger partial charge on any atom is 0.328 e. The highest BCUT2D eigenvalue weighted by molar-refractivity contribution is 7.11. The average molecular weight is 275 g/mol. The highest BCUT2D eigenvalue weighted by atomic mass is 32.1. The third kappa shape index (κ3) is 3.71. The highest BCUT2D eigenvalue weighted by Gasteiger charge is 2.08. The Kier molecular flexibility index (Phi) is 3.99. The molecule has 1 amide bonds. The molecule has 2 rings (SSSR count). The van der Waals surface area contributed by atoms with Gasteiger partial charge in [0.1, 0.15) is 6.33 Å². The molecule has 0 aliphatic heterocycles. The molecule has 0 radical (unpaired) electrons. The summed E-state index contributed by atoms with van der Waals surface area (Å²) in [6.45, 7) is 0.